The fourth-order valence-corrected chi connectivity index (χ4v) is 3.30. The van der Waals surface area contributed by atoms with E-state index < -0.39 is 10.0 Å². The number of likely N-dealkylation sites (N-methyl/N-ethyl adjacent to an activating group) is 1. The van der Waals surface area contributed by atoms with Crippen molar-refractivity contribution in [2.75, 3.05) is 19.3 Å². The number of carbonyl (C=O) groups is 1. The Bertz CT molecular complexity index is 568. The molecule has 0 aromatic heterocycles. The van der Waals surface area contributed by atoms with Crippen LogP contribution in [0.2, 0.25) is 0 Å². The molecule has 1 heterocycles. The smallest absolute Gasteiger partial charge is 0.240 e. The molecular weight excluding hydrogens is 266 g/mol. The molecule has 0 saturated carbocycles. The Kier molecular flexibility index (Phi) is 3.77. The lowest BCUT2D eigenvalue weighted by molar-refractivity contribution is -0.132. The maximum atomic E-state index is 12.1. The first-order valence-electron chi connectivity index (χ1n) is 6.00. The summed E-state index contributed by atoms with van der Waals surface area (Å²) in [5.41, 5.74) is 6.04. The van der Waals surface area contributed by atoms with Gasteiger partial charge in [0, 0.05) is 31.7 Å². The average Bonchev–Trinajstić information content (AvgIpc) is 2.34. The number of rotatable bonds is 3. The van der Waals surface area contributed by atoms with Gasteiger partial charge in [-0.3, -0.25) is 4.79 Å². The first kappa shape index (κ1) is 13.8. The Morgan fingerprint density at radius 3 is 2.53 bits per heavy atom. The number of carbonyl (C=O) groups excluding carboxylic acids is 1. The van der Waals surface area contributed by atoms with Crippen molar-refractivity contribution in [3.8, 4) is 0 Å². The van der Waals surface area contributed by atoms with Crippen LogP contribution in [-0.4, -0.2) is 38.9 Å². The molecule has 104 valence electrons. The number of nitrogen functional groups attached to an aromatic ring is 1. The van der Waals surface area contributed by atoms with Gasteiger partial charge in [-0.25, -0.2) is 13.1 Å². The van der Waals surface area contributed by atoms with Crippen molar-refractivity contribution in [1.82, 2.24) is 9.62 Å². The minimum Gasteiger partial charge on any atom is -0.399 e. The van der Waals surface area contributed by atoms with Gasteiger partial charge in [-0.15, -0.1) is 0 Å². The van der Waals surface area contributed by atoms with Crippen LogP contribution in [0, 0.1) is 0 Å². The minimum atomic E-state index is -3.56. The number of hydrogen-bond acceptors (Lipinski definition) is 4. The van der Waals surface area contributed by atoms with Gasteiger partial charge in [0.15, 0.2) is 0 Å². The second-order valence-electron chi connectivity index (χ2n) is 4.70. The van der Waals surface area contributed by atoms with Crippen LogP contribution >= 0.6 is 0 Å². The third kappa shape index (κ3) is 3.24. The maximum Gasteiger partial charge on any atom is 0.240 e. The minimum absolute atomic E-state index is 0.0444. The summed E-state index contributed by atoms with van der Waals surface area (Å²) in [5.74, 6) is 0.0444. The average molecular weight is 283 g/mol. The molecule has 3 N–H and O–H groups in total. The SMILES string of the molecule is CN1CC(NS(=O)(=O)c2ccc(N)cc2)CCC1=O. The number of likely N-dealkylation sites (tertiary alicyclic amines) is 1. The topological polar surface area (TPSA) is 92.5 Å². The van der Waals surface area contributed by atoms with Crippen LogP contribution < -0.4 is 10.5 Å². The third-order valence-electron chi connectivity index (χ3n) is 3.14. The number of anilines is 1. The summed E-state index contributed by atoms with van der Waals surface area (Å²) < 4.78 is 26.9. The lowest BCUT2D eigenvalue weighted by Gasteiger charge is -2.29. The highest BCUT2D eigenvalue weighted by Crippen LogP contribution is 2.15. The Hall–Kier alpha value is -1.60. The van der Waals surface area contributed by atoms with E-state index in [2.05, 4.69) is 4.72 Å². The molecule has 1 unspecified atom stereocenters. The predicted molar refractivity (Wildman–Crippen MR) is 71.8 cm³/mol. The third-order valence-corrected chi connectivity index (χ3v) is 4.68. The van der Waals surface area contributed by atoms with Gasteiger partial charge in [-0.1, -0.05) is 0 Å². The summed E-state index contributed by atoms with van der Waals surface area (Å²) in [5, 5.41) is 0. The second-order valence-corrected chi connectivity index (χ2v) is 6.41. The molecule has 1 fully saturated rings. The second kappa shape index (κ2) is 5.18. The van der Waals surface area contributed by atoms with Gasteiger partial charge in [0.05, 0.1) is 4.90 Å². The Morgan fingerprint density at radius 2 is 1.95 bits per heavy atom. The van der Waals surface area contributed by atoms with Crippen molar-refractivity contribution >= 4 is 21.6 Å². The molecule has 0 spiro atoms. The van der Waals surface area contributed by atoms with E-state index in [0.29, 0.717) is 25.1 Å². The van der Waals surface area contributed by atoms with Crippen molar-refractivity contribution in [2.24, 2.45) is 0 Å². The number of benzene rings is 1. The standard InChI is InChI=1S/C12H17N3O3S/c1-15-8-10(4-7-12(15)16)14-19(17,18)11-5-2-9(13)3-6-11/h2-3,5-6,10,14H,4,7-8,13H2,1H3. The number of nitrogens with one attached hydrogen (secondary N) is 1. The lowest BCUT2D eigenvalue weighted by atomic mass is 10.1. The summed E-state index contributed by atoms with van der Waals surface area (Å²) in [6, 6.07) is 5.78. The van der Waals surface area contributed by atoms with E-state index in [4.69, 9.17) is 5.73 Å². The van der Waals surface area contributed by atoms with E-state index in [-0.39, 0.29) is 16.8 Å². The largest absolute Gasteiger partial charge is 0.399 e. The normalized spacial score (nSPS) is 20.6. The summed E-state index contributed by atoms with van der Waals surface area (Å²) >= 11 is 0. The van der Waals surface area contributed by atoms with Crippen LogP contribution in [0.1, 0.15) is 12.8 Å². The molecule has 1 atom stereocenters. The molecule has 1 amide bonds. The highest BCUT2D eigenvalue weighted by Gasteiger charge is 2.27. The van der Waals surface area contributed by atoms with Crippen molar-refractivity contribution in [3.63, 3.8) is 0 Å². The van der Waals surface area contributed by atoms with E-state index in [1.54, 1.807) is 24.1 Å². The molecule has 7 heteroatoms. The van der Waals surface area contributed by atoms with Gasteiger partial charge in [0.1, 0.15) is 0 Å². The zero-order chi connectivity index (χ0) is 14.0. The predicted octanol–water partition coefficient (Wildman–Crippen LogP) is 0.168. The van der Waals surface area contributed by atoms with Crippen molar-refractivity contribution < 1.29 is 13.2 Å². The monoisotopic (exact) mass is 283 g/mol. The van der Waals surface area contributed by atoms with Crippen LogP contribution in [0.5, 0.6) is 0 Å². The van der Waals surface area contributed by atoms with Gasteiger partial charge in [0.2, 0.25) is 15.9 Å². The van der Waals surface area contributed by atoms with E-state index in [0.717, 1.165) is 0 Å². The molecule has 1 aliphatic rings. The van der Waals surface area contributed by atoms with Crippen LogP contribution in [0.3, 0.4) is 0 Å². The molecule has 1 aromatic rings. The highest BCUT2D eigenvalue weighted by atomic mass is 32.2. The van der Waals surface area contributed by atoms with Crippen molar-refractivity contribution in [1.29, 1.82) is 0 Å². The van der Waals surface area contributed by atoms with Gasteiger partial charge >= 0.3 is 0 Å². The lowest BCUT2D eigenvalue weighted by Crippen LogP contribution is -2.48. The first-order chi connectivity index (χ1) is 8.88. The highest BCUT2D eigenvalue weighted by molar-refractivity contribution is 7.89. The number of sulfonamides is 1. The molecule has 19 heavy (non-hydrogen) atoms. The summed E-state index contributed by atoms with van der Waals surface area (Å²) in [7, 11) is -1.89. The first-order valence-corrected chi connectivity index (χ1v) is 7.48. The van der Waals surface area contributed by atoms with Crippen LogP contribution in [0.4, 0.5) is 5.69 Å². The maximum absolute atomic E-state index is 12.1. The molecule has 1 aliphatic heterocycles. The van der Waals surface area contributed by atoms with E-state index in [1.807, 2.05) is 0 Å². The van der Waals surface area contributed by atoms with Crippen LogP contribution in [-0.2, 0) is 14.8 Å². The van der Waals surface area contributed by atoms with Crippen molar-refractivity contribution in [3.05, 3.63) is 24.3 Å². The van der Waals surface area contributed by atoms with Gasteiger partial charge in [-0.2, -0.15) is 0 Å². The van der Waals surface area contributed by atoms with E-state index in [1.165, 1.54) is 12.1 Å². The summed E-state index contributed by atoms with van der Waals surface area (Å²) in [4.78, 5) is 13.1. The molecule has 0 bridgehead atoms. The molecular formula is C12H17N3O3S. The molecule has 0 aliphatic carbocycles. The molecule has 2 rings (SSSR count). The number of piperidine rings is 1. The number of nitrogens with zero attached hydrogens (tertiary/aromatic N) is 1. The quantitative estimate of drug-likeness (QED) is 0.773. The van der Waals surface area contributed by atoms with Gasteiger partial charge in [0.25, 0.3) is 0 Å². The fourth-order valence-electron chi connectivity index (χ4n) is 2.04. The molecule has 1 saturated heterocycles. The van der Waals surface area contributed by atoms with Crippen LogP contribution in [0.15, 0.2) is 29.2 Å². The summed E-state index contributed by atoms with van der Waals surface area (Å²) in [6.07, 6.45) is 0.892. The zero-order valence-electron chi connectivity index (χ0n) is 10.7. The number of nitrogens with two attached hydrogens (primary N) is 1. The van der Waals surface area contributed by atoms with Crippen LogP contribution in [0.25, 0.3) is 0 Å². The molecule has 0 radical (unpaired) electrons. The van der Waals surface area contributed by atoms with E-state index >= 15 is 0 Å². The van der Waals surface area contributed by atoms with Gasteiger partial charge in [-0.05, 0) is 30.7 Å². The van der Waals surface area contributed by atoms with E-state index in [9.17, 15) is 13.2 Å². The Balaban J connectivity index is 2.09. The summed E-state index contributed by atoms with van der Waals surface area (Å²) in [6.45, 7) is 0.396. The number of amides is 1. The van der Waals surface area contributed by atoms with Crippen molar-refractivity contribution in [2.45, 2.75) is 23.8 Å². The fraction of sp³-hybridized carbons (Fsp3) is 0.417. The molecule has 1 aromatic carbocycles. The van der Waals surface area contributed by atoms with Gasteiger partial charge < -0.3 is 10.6 Å². The number of hydrogen-bond donors (Lipinski definition) is 2. The zero-order valence-corrected chi connectivity index (χ0v) is 11.5. The molecule has 6 nitrogen and oxygen atoms in total. The Labute approximate surface area is 112 Å². The Morgan fingerprint density at radius 1 is 1.32 bits per heavy atom.